The molecule has 318 valence electrons. The van der Waals surface area contributed by atoms with Crippen LogP contribution in [0.15, 0.2) is 225 Å². The van der Waals surface area contributed by atoms with E-state index in [2.05, 4.69) is 232 Å². The molecule has 1 atom stereocenters. The first-order valence-corrected chi connectivity index (χ1v) is 24.1. The third kappa shape index (κ3) is 5.21. The molecule has 0 N–H and O–H groups in total. The van der Waals surface area contributed by atoms with Crippen LogP contribution in [0.1, 0.15) is 53.1 Å². The highest BCUT2D eigenvalue weighted by molar-refractivity contribution is 6.24. The maximum absolute atomic E-state index is 4.10. The average molecular weight is 863 g/mol. The van der Waals surface area contributed by atoms with Crippen LogP contribution in [0.5, 0.6) is 0 Å². The summed E-state index contributed by atoms with van der Waals surface area (Å²) in [5.74, 6) is 0. The lowest BCUT2D eigenvalue weighted by Crippen LogP contribution is -2.27. The third-order valence-electron chi connectivity index (χ3n) is 15.6. The summed E-state index contributed by atoms with van der Waals surface area (Å²) in [7, 11) is 0. The first-order chi connectivity index (χ1) is 33.7. The maximum Gasteiger partial charge on any atom is 0.0734 e. The molecule has 0 bridgehead atoms. The van der Waals surface area contributed by atoms with Crippen LogP contribution >= 0.6 is 0 Å². The Morgan fingerprint density at radius 3 is 1.59 bits per heavy atom. The van der Waals surface area contributed by atoms with E-state index in [-0.39, 0.29) is 0 Å². The van der Waals surface area contributed by atoms with Crippen molar-refractivity contribution in [2.24, 2.45) is 0 Å². The van der Waals surface area contributed by atoms with E-state index in [1.165, 1.54) is 137 Å². The highest BCUT2D eigenvalue weighted by Gasteiger charge is 2.54. The van der Waals surface area contributed by atoms with E-state index < -0.39 is 5.41 Å². The molecule has 1 spiro atoms. The lowest BCUT2D eigenvalue weighted by Gasteiger charge is -2.34. The van der Waals surface area contributed by atoms with Crippen LogP contribution in [-0.2, 0) is 5.41 Å². The zero-order chi connectivity index (χ0) is 45.1. The molecule has 0 aromatic heterocycles. The second kappa shape index (κ2) is 14.8. The summed E-state index contributed by atoms with van der Waals surface area (Å²) in [5.41, 5.74) is 20.6. The van der Waals surface area contributed by atoms with Gasteiger partial charge in [-0.1, -0.05) is 219 Å². The molecule has 0 fully saturated rings. The third-order valence-corrected chi connectivity index (χ3v) is 15.6. The molecule has 0 saturated carbocycles. The molecular formula is C68H46. The van der Waals surface area contributed by atoms with Crippen molar-refractivity contribution in [3.05, 3.63) is 258 Å². The molecule has 0 heteroatoms. The summed E-state index contributed by atoms with van der Waals surface area (Å²) >= 11 is 0. The Kier molecular flexibility index (Phi) is 8.49. The zero-order valence-corrected chi connectivity index (χ0v) is 38.0. The van der Waals surface area contributed by atoms with Gasteiger partial charge in [0.25, 0.3) is 0 Å². The minimum Gasteiger partial charge on any atom is -0.0984 e. The molecule has 3 aliphatic carbocycles. The van der Waals surface area contributed by atoms with Crippen LogP contribution in [0.3, 0.4) is 0 Å². The fourth-order valence-electron chi connectivity index (χ4n) is 13.0. The second-order valence-electron chi connectivity index (χ2n) is 18.8. The van der Waals surface area contributed by atoms with Gasteiger partial charge in [0.05, 0.1) is 5.41 Å². The normalized spacial score (nSPS) is 15.8. The van der Waals surface area contributed by atoms with Gasteiger partial charge < -0.3 is 0 Å². The van der Waals surface area contributed by atoms with Crippen LogP contribution in [0.25, 0.3) is 116 Å². The number of rotatable bonds is 5. The van der Waals surface area contributed by atoms with Crippen molar-refractivity contribution in [1.29, 1.82) is 0 Å². The zero-order valence-electron chi connectivity index (χ0n) is 38.0. The van der Waals surface area contributed by atoms with Gasteiger partial charge in [0, 0.05) is 0 Å². The number of benzene rings is 11. The molecule has 0 heterocycles. The summed E-state index contributed by atoms with van der Waals surface area (Å²) in [6, 6.07) is 73.7. The predicted octanol–water partition coefficient (Wildman–Crippen LogP) is 18.6. The van der Waals surface area contributed by atoms with E-state index in [1.807, 2.05) is 6.08 Å². The predicted molar refractivity (Wildman–Crippen MR) is 292 cm³/mol. The standard InChI is InChI=1S/C68H46/c1-3-19-45-40-46(39-34-42(45)4-2)64-55-28-11-9-26-53(55)63(54-27-10-12-29-56(54)64)44-37-35-43(36-38-44)59-41-60-65-52-25-8-5-20-47(52)48-21-6-14-31-58(48)67(65)68(66(60)57-30-13-7-22-49(57)59)61-32-17-15-23-50(61)51-24-16-18-33-62(51)68/h3-15,17-23,25-41H,2,16,24H2,1H3/b19-3-. The van der Waals surface area contributed by atoms with Gasteiger partial charge in [0.15, 0.2) is 0 Å². The van der Waals surface area contributed by atoms with E-state index in [4.69, 9.17) is 0 Å². The Bertz CT molecular complexity index is 4040. The van der Waals surface area contributed by atoms with Gasteiger partial charge in [-0.05, 0) is 175 Å². The number of fused-ring (bicyclic) bond motifs is 18. The van der Waals surface area contributed by atoms with Crippen molar-refractivity contribution in [3.8, 4) is 44.5 Å². The van der Waals surface area contributed by atoms with Crippen molar-refractivity contribution in [2.45, 2.75) is 25.2 Å². The van der Waals surface area contributed by atoms with Crippen molar-refractivity contribution in [1.82, 2.24) is 0 Å². The highest BCUT2D eigenvalue weighted by Crippen LogP contribution is 2.67. The first-order valence-electron chi connectivity index (χ1n) is 24.1. The minimum absolute atomic E-state index is 0.463. The van der Waals surface area contributed by atoms with E-state index in [0.29, 0.717) is 0 Å². The average Bonchev–Trinajstić information content (AvgIpc) is 3.88. The first kappa shape index (κ1) is 38.9. The molecule has 3 aliphatic rings. The molecule has 68 heavy (non-hydrogen) atoms. The fourth-order valence-corrected chi connectivity index (χ4v) is 13.0. The summed E-state index contributed by atoms with van der Waals surface area (Å²) in [4.78, 5) is 0. The summed E-state index contributed by atoms with van der Waals surface area (Å²) in [6.07, 6.45) is 13.3. The molecule has 0 aliphatic heterocycles. The van der Waals surface area contributed by atoms with Gasteiger partial charge in [0.1, 0.15) is 0 Å². The lowest BCUT2D eigenvalue weighted by molar-refractivity contribution is 0.795. The van der Waals surface area contributed by atoms with Crippen molar-refractivity contribution in [2.75, 3.05) is 0 Å². The summed E-state index contributed by atoms with van der Waals surface area (Å²) < 4.78 is 0. The van der Waals surface area contributed by atoms with Crippen molar-refractivity contribution >= 4 is 71.6 Å². The maximum atomic E-state index is 4.10. The molecule has 1 unspecified atom stereocenters. The fraction of sp³-hybridized carbons (Fsp3) is 0.0588. The van der Waals surface area contributed by atoms with Crippen LogP contribution in [0.4, 0.5) is 0 Å². The SMILES string of the molecule is C=Cc1ccc(-c2c3ccccc3c(-c3ccc(-c4cc5c(c6ccccc46)C4(C6=C(CCC=C6)c6ccccc64)c4c-5c5ccccc5c5ccccc45)cc3)c3ccccc23)cc1/C=C\C. The highest BCUT2D eigenvalue weighted by atomic mass is 14.6. The number of hydrogen-bond donors (Lipinski definition) is 0. The van der Waals surface area contributed by atoms with Gasteiger partial charge >= 0.3 is 0 Å². The molecule has 0 amide bonds. The molecule has 0 nitrogen and oxygen atoms in total. The van der Waals surface area contributed by atoms with Gasteiger partial charge in [-0.15, -0.1) is 0 Å². The Labute approximate surface area is 397 Å². The minimum atomic E-state index is -0.463. The van der Waals surface area contributed by atoms with Crippen LogP contribution in [0.2, 0.25) is 0 Å². The van der Waals surface area contributed by atoms with Gasteiger partial charge in [-0.25, -0.2) is 0 Å². The van der Waals surface area contributed by atoms with Crippen LogP contribution < -0.4 is 0 Å². The summed E-state index contributed by atoms with van der Waals surface area (Å²) in [6.45, 7) is 6.18. The topological polar surface area (TPSA) is 0 Å². The van der Waals surface area contributed by atoms with Gasteiger partial charge in [0.2, 0.25) is 0 Å². The molecule has 11 aromatic rings. The molecular weight excluding hydrogens is 817 g/mol. The Balaban J connectivity index is 1.02. The smallest absolute Gasteiger partial charge is 0.0734 e. The van der Waals surface area contributed by atoms with E-state index >= 15 is 0 Å². The quantitative estimate of drug-likeness (QED) is 0.119. The lowest BCUT2D eigenvalue weighted by atomic mass is 9.66. The molecule has 14 rings (SSSR count). The number of allylic oxidation sites excluding steroid dienone is 5. The van der Waals surface area contributed by atoms with Crippen LogP contribution in [-0.4, -0.2) is 0 Å². The van der Waals surface area contributed by atoms with E-state index in [9.17, 15) is 0 Å². The van der Waals surface area contributed by atoms with Gasteiger partial charge in [-0.3, -0.25) is 0 Å². The largest absolute Gasteiger partial charge is 0.0984 e. The Hall–Kier alpha value is -8.32. The van der Waals surface area contributed by atoms with E-state index in [1.54, 1.807) is 0 Å². The Morgan fingerprint density at radius 1 is 0.426 bits per heavy atom. The molecule has 11 aromatic carbocycles. The van der Waals surface area contributed by atoms with Crippen molar-refractivity contribution < 1.29 is 0 Å². The monoisotopic (exact) mass is 862 g/mol. The van der Waals surface area contributed by atoms with Gasteiger partial charge in [-0.2, -0.15) is 0 Å². The Morgan fingerprint density at radius 2 is 0.941 bits per heavy atom. The number of hydrogen-bond acceptors (Lipinski definition) is 0. The van der Waals surface area contributed by atoms with Crippen molar-refractivity contribution in [3.63, 3.8) is 0 Å². The molecule has 0 radical (unpaired) electrons. The second-order valence-corrected chi connectivity index (χ2v) is 18.8. The molecule has 0 saturated heterocycles. The van der Waals surface area contributed by atoms with Crippen LogP contribution in [0, 0.1) is 0 Å². The van der Waals surface area contributed by atoms with E-state index in [0.717, 1.165) is 18.4 Å². The summed E-state index contributed by atoms with van der Waals surface area (Å²) in [5, 5.41) is 12.9.